The second kappa shape index (κ2) is 75.5. The summed E-state index contributed by atoms with van der Waals surface area (Å²) in [6.45, 7) is 17.3. The van der Waals surface area contributed by atoms with E-state index in [1.54, 1.807) is 82.3 Å². The SMILES string of the molecule is C#CC.CCOC(=O)Cc1ccccc1O.CCOC(=O)Cc1ccccc1OCc1cc(-c2cccc(CN)c2)c2oc(C)cc2c1.CCOC(=O)Cc1ccccc1OCc1cc(Br)c2oc(C)cc2c1.COC(=O)c1cc(Br)c(O)c(Br)c1.COC(=O)c1cc(Br)c2oc(C)cc2c1.Cc1cc2cc(CO)cc(Br)c2o1.Cl.NCc1cccc(B(O)O)c1.O=CO[O-].[B].[Cu].[H-].[H-].[K+].[K+].[Li+].[Li+].[OH-].[O]=[Cu]. The summed E-state index contributed by atoms with van der Waals surface area (Å²) in [5.74, 6) is 5.61. The fraction of sp³-hybridized carbons (Fsp3) is 0.216. The van der Waals surface area contributed by atoms with Gasteiger partial charge in [-0.1, -0.05) is 97.1 Å². The predicted molar refractivity (Wildman–Crippen MR) is 527 cm³/mol. The Hall–Kier alpha value is -6.21. The van der Waals surface area contributed by atoms with Crippen LogP contribution < -0.4 is 172 Å². The van der Waals surface area contributed by atoms with Crippen molar-refractivity contribution in [3.05, 3.63) is 307 Å². The Morgan fingerprint density at radius 3 is 1.23 bits per heavy atom. The predicted octanol–water partition coefficient (Wildman–Crippen LogP) is 7.11. The van der Waals surface area contributed by atoms with E-state index in [9.17, 15) is 34.2 Å². The van der Waals surface area contributed by atoms with Crippen molar-refractivity contribution < 1.29 is 301 Å². The Kier molecular flexibility index (Phi) is 75.5. The van der Waals surface area contributed by atoms with E-state index in [-0.39, 0.29) is 254 Å². The zero-order valence-electron chi connectivity index (χ0n) is 80.6. The van der Waals surface area contributed by atoms with Gasteiger partial charge in [0, 0.05) is 82.4 Å². The van der Waals surface area contributed by atoms with Gasteiger partial charge in [0.1, 0.15) is 81.6 Å². The van der Waals surface area contributed by atoms with Crippen molar-refractivity contribution in [2.75, 3.05) is 34.0 Å². The van der Waals surface area contributed by atoms with E-state index in [2.05, 4.69) is 147 Å². The molecule has 139 heavy (non-hydrogen) atoms. The van der Waals surface area contributed by atoms with E-state index < -0.39 is 13.1 Å². The van der Waals surface area contributed by atoms with E-state index in [0.29, 0.717) is 88.7 Å². The first-order chi connectivity index (χ1) is 62.8. The number of hydrogen-bond acceptors (Lipinski definition) is 28. The van der Waals surface area contributed by atoms with Gasteiger partial charge < -0.3 is 106 Å². The molecule has 0 spiro atoms. The first-order valence-electron chi connectivity index (χ1n) is 39.7. The zero-order valence-corrected chi connectivity index (χ0v) is 95.5. The average molecular weight is 2390 g/mol. The summed E-state index contributed by atoms with van der Waals surface area (Å²) in [5, 5.41) is 57.6. The Balaban J connectivity index is -0.000000379. The van der Waals surface area contributed by atoms with Crippen LogP contribution in [0.3, 0.4) is 0 Å². The van der Waals surface area contributed by atoms with Crippen molar-refractivity contribution in [2.24, 2.45) is 11.5 Å². The summed E-state index contributed by atoms with van der Waals surface area (Å²) in [5.41, 5.74) is 25.0. The summed E-state index contributed by atoms with van der Waals surface area (Å²) in [4.78, 5) is 68.4. The topological polar surface area (TPSA) is 452 Å². The summed E-state index contributed by atoms with van der Waals surface area (Å²) in [7, 11) is 1.26. The molecule has 28 nitrogen and oxygen atoms in total. The van der Waals surface area contributed by atoms with Crippen LogP contribution in [0.4, 0.5) is 0 Å². The van der Waals surface area contributed by atoms with Crippen molar-refractivity contribution >= 4 is 193 Å². The van der Waals surface area contributed by atoms with Crippen LogP contribution >= 0.6 is 92.1 Å². The van der Waals surface area contributed by atoms with Gasteiger partial charge in [0.25, 0.3) is 6.47 Å². The van der Waals surface area contributed by atoms with Crippen LogP contribution in [0.15, 0.2) is 246 Å². The number of halogens is 6. The van der Waals surface area contributed by atoms with E-state index in [1.165, 1.54) is 26.4 Å². The van der Waals surface area contributed by atoms with Gasteiger partial charge in [0.05, 0.1) is 93.4 Å². The molecule has 10 aromatic carbocycles. The number of aryl methyl sites for hydroxylation is 4. The molecule has 14 aromatic rings. The van der Waals surface area contributed by atoms with Gasteiger partial charge >= 0.3 is 197 Å². The number of carbonyl (C=O) groups excluding carboxylic acids is 6. The van der Waals surface area contributed by atoms with Gasteiger partial charge in [0.15, 0.2) is 0 Å². The van der Waals surface area contributed by atoms with Crippen LogP contribution in [0, 0.1) is 40.0 Å². The molecule has 0 amide bonds. The number of nitrogens with two attached hydrogens (primary N) is 2. The molecule has 14 rings (SSSR count). The quantitative estimate of drug-likeness (QED) is 0.00638. The number of benzene rings is 10. The number of para-hydroxylation sites is 3. The summed E-state index contributed by atoms with van der Waals surface area (Å²) in [6.07, 6.45) is 5.11. The molecule has 0 bridgehead atoms. The third-order valence-corrected chi connectivity index (χ3v) is 20.7. The van der Waals surface area contributed by atoms with Gasteiger partial charge in [0.2, 0.25) is 0 Å². The molecule has 0 aliphatic rings. The number of terminal acetylenes is 1. The molecule has 0 saturated heterocycles. The molecule has 0 atom stereocenters. The summed E-state index contributed by atoms with van der Waals surface area (Å²) < 4.78 is 70.0. The third-order valence-electron chi connectivity index (χ3n) is 17.7. The van der Waals surface area contributed by atoms with Crippen molar-refractivity contribution in [3.8, 4) is 46.5 Å². The number of esters is 5. The number of hydrogen-bond donors (Lipinski definition) is 7. The molecule has 10 N–H and O–H groups in total. The van der Waals surface area contributed by atoms with Gasteiger partial charge in [-0.05, 0) is 283 Å². The normalized spacial score (nSPS) is 9.48. The minimum absolute atomic E-state index is 0. The number of furan rings is 4. The van der Waals surface area contributed by atoms with Crippen LogP contribution in [0.2, 0.25) is 0 Å². The Morgan fingerprint density at radius 2 is 0.835 bits per heavy atom. The Morgan fingerprint density at radius 1 is 0.496 bits per heavy atom. The number of ether oxygens (including phenoxy) is 7. The molecule has 0 saturated carbocycles. The van der Waals surface area contributed by atoms with E-state index in [4.69, 9.17) is 81.9 Å². The van der Waals surface area contributed by atoms with Gasteiger partial charge in [-0.3, -0.25) is 19.2 Å². The third kappa shape index (κ3) is 47.2. The maximum atomic E-state index is 11.9. The molecule has 4 heterocycles. The molecule has 42 heteroatoms. The zero-order chi connectivity index (χ0) is 96.8. The first-order valence-corrected chi connectivity index (χ1v) is 44.0. The fourth-order valence-corrected chi connectivity index (χ4v) is 15.1. The van der Waals surface area contributed by atoms with Crippen molar-refractivity contribution in [3.63, 3.8) is 0 Å². The average Bonchev–Trinajstić information content (AvgIpc) is 1.66. The second-order valence-corrected chi connectivity index (χ2v) is 31.6. The van der Waals surface area contributed by atoms with Crippen LogP contribution in [0.5, 0.6) is 23.0 Å². The number of aliphatic hydroxyl groups is 1. The molecular weight excluding hydrogens is 2280 g/mol. The fourth-order valence-electron chi connectivity index (χ4n) is 12.1. The number of carbonyl (C=O) groups is 6. The van der Waals surface area contributed by atoms with Gasteiger partial charge in [-0.25, -0.2) is 9.59 Å². The first kappa shape index (κ1) is 139. The monoisotopic (exact) mass is 2380 g/mol. The minimum atomic E-state index is -1.40. The van der Waals surface area contributed by atoms with E-state index in [1.807, 2.05) is 143 Å². The molecule has 729 valence electrons. The Bertz CT molecular complexity index is 6170. The van der Waals surface area contributed by atoms with Gasteiger partial charge in [-0.15, -0.1) is 24.8 Å². The summed E-state index contributed by atoms with van der Waals surface area (Å²) >= 11 is 19.4. The number of aromatic hydroxyl groups is 2. The van der Waals surface area contributed by atoms with Crippen LogP contribution in [-0.2, 0) is 137 Å². The summed E-state index contributed by atoms with van der Waals surface area (Å²) in [6, 6.07) is 63.2. The maximum absolute atomic E-state index is 11.9. The van der Waals surface area contributed by atoms with E-state index in [0.717, 1.165) is 130 Å². The molecule has 0 aliphatic carbocycles. The van der Waals surface area contributed by atoms with Crippen molar-refractivity contribution in [1.82, 2.24) is 0 Å². The second-order valence-electron chi connectivity index (χ2n) is 27.4. The number of rotatable bonds is 23. The number of phenolic OH excluding ortho intramolecular Hbond substituents is 2. The molecule has 4 radical (unpaired) electrons. The molecule has 0 fully saturated rings. The van der Waals surface area contributed by atoms with Crippen LogP contribution in [-0.4, -0.2) is 117 Å². The number of fused-ring (bicyclic) bond motifs is 4. The standard InChI is InChI=1S/C27H27NO4.C20H19BrO4.C11H9BrO3.C10H9BrO2.C10H12O3.C8H6Br2O3.C7H10BNO2.C3H4.CH2O3.B.ClH.2Cu.2K.2Li.H2O.O.2H/c1-3-30-26(29)15-22-8-4-5-10-25(22)31-17-20-13-23-11-18(2)32-27(23)24(14-20)21-9-6-7-19(12-21)16-28;1-3-23-19(22)11-15-6-4-5-7-18(15)24-12-14-9-16-8-13(2)25-20(16)17(21)10-14;1-6-3-7-4-8(11(13)14-2)5-9(12)10(7)15-6;1-6-2-8-3-7(5-12)4-9(11)10(8)13-6;1-2-13-10(12)7-8-5-3-4-6-9(8)11;1-13-8(12)4-2-5(9)7(11)6(10)3-4;9-5-6-2-1-3-7(4-6)8(10)11;1-3-2;2-1-4-3;;;;;;;;;;;;/h4-14H,3,15-17,28H2,1-2H3;4-10H,3,11-12H2,1-2H3;3-5H,1-2H3;2-4,12H,5H2,1H3;3-6,11H,2,7H2,1H3;2-3,11H,1H3;1-4,10-11H,5,9H2;1H,2H3;1,3H;;1H;;;;;;;1H2;;;/q;;;;;;;;;;;;;4*+1;;;2*-1/p-2. The van der Waals surface area contributed by atoms with Crippen molar-refractivity contribution in [2.45, 2.75) is 108 Å². The van der Waals surface area contributed by atoms with Crippen LogP contribution in [0.25, 0.3) is 55.0 Å². The molecule has 0 unspecified atom stereocenters. The number of methoxy groups -OCH3 is 2. The molecule has 4 aromatic heterocycles. The van der Waals surface area contributed by atoms with Crippen LogP contribution in [0.1, 0.15) is 119 Å². The van der Waals surface area contributed by atoms with E-state index >= 15 is 0 Å². The number of aliphatic hydroxyl groups excluding tert-OH is 1. The Labute approximate surface area is 987 Å². The van der Waals surface area contributed by atoms with Crippen molar-refractivity contribution in [1.29, 1.82) is 0 Å². The number of phenols is 2. The molecule has 0 aliphatic heterocycles. The van der Waals surface area contributed by atoms with Gasteiger partial charge in [-0.2, -0.15) is 0 Å². The molecular formula is C97H101B2Br5ClCu2K2Li2N2O26.